The molecule has 1 aliphatic carbocycles. The quantitative estimate of drug-likeness (QED) is 0.870. The van der Waals surface area contributed by atoms with Gasteiger partial charge in [0.2, 0.25) is 5.91 Å². The summed E-state index contributed by atoms with van der Waals surface area (Å²) in [5, 5.41) is 12.1. The second kappa shape index (κ2) is 6.86. The number of likely N-dealkylation sites (tertiary alicyclic amines) is 1. The van der Waals surface area contributed by atoms with Gasteiger partial charge in [0, 0.05) is 6.54 Å². The first-order chi connectivity index (χ1) is 10.3. The molecule has 0 spiro atoms. The van der Waals surface area contributed by atoms with Gasteiger partial charge in [-0.2, -0.15) is 18.4 Å². The minimum atomic E-state index is -4.20. The molecule has 0 aromatic carbocycles. The Morgan fingerprint density at radius 3 is 2.55 bits per heavy atom. The molecule has 0 aromatic heterocycles. The molecule has 0 unspecified atom stereocenters. The molecular weight excluding hydrogens is 295 g/mol. The van der Waals surface area contributed by atoms with Gasteiger partial charge in [0.25, 0.3) is 0 Å². The van der Waals surface area contributed by atoms with E-state index in [4.69, 9.17) is 0 Å². The van der Waals surface area contributed by atoms with Gasteiger partial charge in [-0.15, -0.1) is 0 Å². The maximum atomic E-state index is 12.8. The Balaban J connectivity index is 1.87. The fraction of sp³-hybridized carbons (Fsp3) is 0.867. The summed E-state index contributed by atoms with van der Waals surface area (Å²) in [6.07, 6.45) is 0.470. The van der Waals surface area contributed by atoms with Crippen LogP contribution in [-0.4, -0.2) is 42.2 Å². The molecule has 0 radical (unpaired) electrons. The minimum Gasteiger partial charge on any atom is -0.337 e. The molecule has 2 fully saturated rings. The predicted octanol–water partition coefficient (Wildman–Crippen LogP) is 2.60. The predicted molar refractivity (Wildman–Crippen MR) is 74.8 cm³/mol. The Morgan fingerprint density at radius 1 is 1.27 bits per heavy atom. The lowest BCUT2D eigenvalue weighted by molar-refractivity contribution is -0.187. The largest absolute Gasteiger partial charge is 0.393 e. The zero-order valence-electron chi connectivity index (χ0n) is 12.6. The maximum Gasteiger partial charge on any atom is 0.393 e. The van der Waals surface area contributed by atoms with Crippen LogP contribution in [0.1, 0.15) is 44.9 Å². The molecule has 2 rings (SSSR count). The molecule has 1 N–H and O–H groups in total. The molecule has 1 atom stereocenters. The zero-order valence-corrected chi connectivity index (χ0v) is 12.6. The Morgan fingerprint density at radius 2 is 1.95 bits per heavy atom. The summed E-state index contributed by atoms with van der Waals surface area (Å²) in [4.78, 5) is 13.7. The molecule has 1 saturated carbocycles. The smallest absolute Gasteiger partial charge is 0.337 e. The molecule has 1 saturated heterocycles. The number of nitriles is 1. The third kappa shape index (κ3) is 4.35. The number of rotatable bonds is 3. The summed E-state index contributed by atoms with van der Waals surface area (Å²) in [5.74, 6) is -1.69. The van der Waals surface area contributed by atoms with Crippen molar-refractivity contribution in [3.63, 3.8) is 0 Å². The van der Waals surface area contributed by atoms with Gasteiger partial charge in [0.05, 0.1) is 18.5 Å². The van der Waals surface area contributed by atoms with Gasteiger partial charge in [-0.25, -0.2) is 0 Å². The van der Waals surface area contributed by atoms with Crippen molar-refractivity contribution in [3.8, 4) is 6.07 Å². The molecule has 1 amide bonds. The summed E-state index contributed by atoms with van der Waals surface area (Å²) in [6, 6.07) is 2.19. The van der Waals surface area contributed by atoms with Crippen molar-refractivity contribution in [2.24, 2.45) is 5.92 Å². The van der Waals surface area contributed by atoms with Crippen molar-refractivity contribution in [2.75, 3.05) is 19.6 Å². The maximum absolute atomic E-state index is 12.8. The molecule has 22 heavy (non-hydrogen) atoms. The number of alkyl halides is 3. The van der Waals surface area contributed by atoms with Crippen LogP contribution in [-0.2, 0) is 4.79 Å². The zero-order chi connectivity index (χ0) is 16.2. The van der Waals surface area contributed by atoms with E-state index in [1.165, 1.54) is 0 Å². The summed E-state index contributed by atoms with van der Waals surface area (Å²) >= 11 is 0. The summed E-state index contributed by atoms with van der Waals surface area (Å²) < 4.78 is 38.3. The lowest BCUT2D eigenvalue weighted by Crippen LogP contribution is -2.53. The lowest BCUT2D eigenvalue weighted by Gasteiger charge is -2.35. The van der Waals surface area contributed by atoms with Gasteiger partial charge < -0.3 is 5.32 Å². The lowest BCUT2D eigenvalue weighted by atomic mass is 9.83. The highest BCUT2D eigenvalue weighted by Gasteiger charge is 2.42. The highest BCUT2D eigenvalue weighted by atomic mass is 19.4. The number of piperidine rings is 1. The number of nitrogens with one attached hydrogen (secondary N) is 1. The van der Waals surface area contributed by atoms with Crippen molar-refractivity contribution < 1.29 is 18.0 Å². The molecule has 0 aromatic rings. The Kier molecular flexibility index (Phi) is 5.32. The first-order valence-corrected chi connectivity index (χ1v) is 7.86. The van der Waals surface area contributed by atoms with E-state index in [-0.39, 0.29) is 25.4 Å². The van der Waals surface area contributed by atoms with Gasteiger partial charge in [-0.1, -0.05) is 19.3 Å². The van der Waals surface area contributed by atoms with E-state index in [2.05, 4.69) is 11.4 Å². The fourth-order valence-corrected chi connectivity index (χ4v) is 3.40. The third-order valence-electron chi connectivity index (χ3n) is 4.64. The molecule has 0 bridgehead atoms. The molecular formula is C15H22F3N3O. The average molecular weight is 317 g/mol. The Labute approximate surface area is 128 Å². The number of carbonyl (C=O) groups excluding carboxylic acids is 1. The fourth-order valence-electron chi connectivity index (χ4n) is 3.40. The highest BCUT2D eigenvalue weighted by molar-refractivity contribution is 5.79. The first kappa shape index (κ1) is 17.1. The summed E-state index contributed by atoms with van der Waals surface area (Å²) in [7, 11) is 0. The normalized spacial score (nSPS) is 26.2. The number of halogens is 3. The van der Waals surface area contributed by atoms with Crippen LogP contribution in [0.3, 0.4) is 0 Å². The van der Waals surface area contributed by atoms with Crippen LogP contribution in [0.15, 0.2) is 0 Å². The summed E-state index contributed by atoms with van der Waals surface area (Å²) in [5.41, 5.74) is -0.825. The summed E-state index contributed by atoms with van der Waals surface area (Å²) in [6.45, 7) is 0.312. The second-order valence-electron chi connectivity index (χ2n) is 6.42. The number of nitrogens with zero attached hydrogens (tertiary/aromatic N) is 2. The van der Waals surface area contributed by atoms with Gasteiger partial charge in [-0.3, -0.25) is 9.69 Å². The molecule has 1 aliphatic heterocycles. The minimum absolute atomic E-state index is 0.0595. The number of amides is 1. The van der Waals surface area contributed by atoms with Crippen molar-refractivity contribution in [1.29, 1.82) is 5.26 Å². The second-order valence-corrected chi connectivity index (χ2v) is 6.42. The third-order valence-corrected chi connectivity index (χ3v) is 4.64. The topological polar surface area (TPSA) is 56.1 Å². The van der Waals surface area contributed by atoms with Gasteiger partial charge >= 0.3 is 6.18 Å². The highest BCUT2D eigenvalue weighted by Crippen LogP contribution is 2.33. The van der Waals surface area contributed by atoms with E-state index < -0.39 is 17.6 Å². The van der Waals surface area contributed by atoms with Crippen LogP contribution >= 0.6 is 0 Å². The molecule has 2 aliphatic rings. The number of hydrogen-bond donors (Lipinski definition) is 1. The monoisotopic (exact) mass is 317 g/mol. The molecule has 4 nitrogen and oxygen atoms in total. The van der Waals surface area contributed by atoms with E-state index in [1.54, 1.807) is 4.90 Å². The van der Waals surface area contributed by atoms with Crippen LogP contribution in [0, 0.1) is 17.2 Å². The number of carbonyl (C=O) groups is 1. The van der Waals surface area contributed by atoms with E-state index in [9.17, 15) is 23.2 Å². The first-order valence-electron chi connectivity index (χ1n) is 7.86. The average Bonchev–Trinajstić information content (AvgIpc) is 2.47. The van der Waals surface area contributed by atoms with Crippen molar-refractivity contribution in [1.82, 2.24) is 10.2 Å². The standard InChI is InChI=1S/C15H22F3N3O/c16-15(17,18)12-5-4-8-21(9-12)10-13(22)20-14(11-19)6-2-1-3-7-14/h12H,1-10H2,(H,20,22)/t12-/m0/s1. The van der Waals surface area contributed by atoms with Gasteiger partial charge in [0.1, 0.15) is 5.54 Å². The molecule has 7 heteroatoms. The van der Waals surface area contributed by atoms with Crippen LogP contribution in [0.4, 0.5) is 13.2 Å². The van der Waals surface area contributed by atoms with Crippen molar-refractivity contribution in [2.45, 2.75) is 56.7 Å². The van der Waals surface area contributed by atoms with E-state index in [0.29, 0.717) is 25.8 Å². The van der Waals surface area contributed by atoms with Crippen molar-refractivity contribution >= 4 is 5.91 Å². The van der Waals surface area contributed by atoms with Gasteiger partial charge in [-0.05, 0) is 32.2 Å². The van der Waals surface area contributed by atoms with E-state index >= 15 is 0 Å². The van der Waals surface area contributed by atoms with Crippen LogP contribution < -0.4 is 5.32 Å². The SMILES string of the molecule is N#CC1(NC(=O)CN2CCC[C@H](C(F)(F)F)C2)CCCCC1. The van der Waals surface area contributed by atoms with E-state index in [1.807, 2.05) is 0 Å². The Bertz CT molecular complexity index is 438. The molecule has 1 heterocycles. The Hall–Kier alpha value is -1.29. The van der Waals surface area contributed by atoms with Crippen LogP contribution in [0.25, 0.3) is 0 Å². The van der Waals surface area contributed by atoms with Crippen LogP contribution in [0.2, 0.25) is 0 Å². The number of hydrogen-bond acceptors (Lipinski definition) is 3. The van der Waals surface area contributed by atoms with E-state index in [0.717, 1.165) is 19.3 Å². The van der Waals surface area contributed by atoms with Gasteiger partial charge in [0.15, 0.2) is 0 Å². The molecule has 124 valence electrons. The van der Waals surface area contributed by atoms with Crippen molar-refractivity contribution in [3.05, 3.63) is 0 Å². The van der Waals surface area contributed by atoms with Crippen LogP contribution in [0.5, 0.6) is 0 Å².